The topological polar surface area (TPSA) is 76.0 Å². The fourth-order valence-electron chi connectivity index (χ4n) is 3.54. The van der Waals surface area contributed by atoms with E-state index in [0.717, 1.165) is 11.4 Å². The van der Waals surface area contributed by atoms with E-state index in [1.54, 1.807) is 0 Å². The van der Waals surface area contributed by atoms with E-state index in [9.17, 15) is 9.59 Å². The maximum absolute atomic E-state index is 12.6. The number of Topliss-reactive ketones (excluding diaryl/α,β-unsaturated/α-hetero) is 1. The number of benzene rings is 1. The smallest absolute Gasteiger partial charge is 0.338 e. The van der Waals surface area contributed by atoms with Gasteiger partial charge in [-0.1, -0.05) is 0 Å². The van der Waals surface area contributed by atoms with Gasteiger partial charge in [0.25, 0.3) is 0 Å². The van der Waals surface area contributed by atoms with Gasteiger partial charge in [-0.05, 0) is 45.9 Å². The van der Waals surface area contributed by atoms with Crippen LogP contribution in [-0.2, 0) is 4.74 Å². The van der Waals surface area contributed by atoms with E-state index >= 15 is 0 Å². The molecule has 28 heavy (non-hydrogen) atoms. The molecule has 0 N–H and O–H groups in total. The molecule has 0 saturated heterocycles. The molecule has 1 aliphatic rings. The van der Waals surface area contributed by atoms with E-state index in [1.807, 2.05) is 19.9 Å². The number of rotatable bonds is 6. The third kappa shape index (κ3) is 3.69. The van der Waals surface area contributed by atoms with E-state index in [1.165, 1.54) is 19.2 Å². The first-order valence-corrected chi connectivity index (χ1v) is 9.19. The van der Waals surface area contributed by atoms with Crippen molar-refractivity contribution in [2.45, 2.75) is 33.7 Å². The maximum atomic E-state index is 12.6. The van der Waals surface area contributed by atoms with Crippen LogP contribution in [0.2, 0.25) is 0 Å². The zero-order valence-corrected chi connectivity index (χ0v) is 16.8. The number of aromatic nitrogens is 1. The molecule has 1 aromatic heterocycles. The SMILES string of the molecule is COc1cc(C(=O)OCC(=O)c2cc(C)n(C(C)C)c2C)cc2c1OCCO2. The molecule has 2 aromatic rings. The number of aryl methyl sites for hydroxylation is 1. The van der Waals surface area contributed by atoms with Gasteiger partial charge in [-0.3, -0.25) is 4.79 Å². The van der Waals surface area contributed by atoms with Crippen molar-refractivity contribution in [3.63, 3.8) is 0 Å². The summed E-state index contributed by atoms with van der Waals surface area (Å²) < 4.78 is 23.7. The van der Waals surface area contributed by atoms with Gasteiger partial charge in [0, 0.05) is 23.0 Å². The first kappa shape index (κ1) is 19.8. The number of hydrogen-bond acceptors (Lipinski definition) is 6. The van der Waals surface area contributed by atoms with Gasteiger partial charge in [-0.2, -0.15) is 0 Å². The number of carbonyl (C=O) groups excluding carboxylic acids is 2. The number of ketones is 1. The monoisotopic (exact) mass is 387 g/mol. The molecule has 0 radical (unpaired) electrons. The minimum absolute atomic E-state index is 0.238. The number of esters is 1. The van der Waals surface area contributed by atoms with Crippen molar-refractivity contribution in [1.29, 1.82) is 0 Å². The van der Waals surface area contributed by atoms with Crippen LogP contribution in [0.3, 0.4) is 0 Å². The second kappa shape index (κ2) is 7.96. The molecule has 0 atom stereocenters. The third-order valence-electron chi connectivity index (χ3n) is 4.70. The molecule has 3 rings (SSSR count). The molecule has 150 valence electrons. The van der Waals surface area contributed by atoms with Crippen molar-refractivity contribution in [2.24, 2.45) is 0 Å². The van der Waals surface area contributed by atoms with Crippen molar-refractivity contribution in [3.05, 3.63) is 40.7 Å². The fraction of sp³-hybridized carbons (Fsp3) is 0.429. The maximum Gasteiger partial charge on any atom is 0.338 e. The van der Waals surface area contributed by atoms with Gasteiger partial charge < -0.3 is 23.5 Å². The number of methoxy groups -OCH3 is 1. The highest BCUT2D eigenvalue weighted by Gasteiger charge is 2.23. The number of ether oxygens (including phenoxy) is 4. The molecule has 7 nitrogen and oxygen atoms in total. The summed E-state index contributed by atoms with van der Waals surface area (Å²) in [6, 6.07) is 5.13. The lowest BCUT2D eigenvalue weighted by molar-refractivity contribution is 0.0473. The molecule has 0 aliphatic carbocycles. The second-order valence-corrected chi connectivity index (χ2v) is 6.95. The number of carbonyl (C=O) groups is 2. The molecular formula is C21H25NO6. The first-order chi connectivity index (χ1) is 13.3. The van der Waals surface area contributed by atoms with E-state index in [4.69, 9.17) is 18.9 Å². The molecule has 7 heteroatoms. The molecule has 0 unspecified atom stereocenters. The average molecular weight is 387 g/mol. The lowest BCUT2D eigenvalue weighted by atomic mass is 10.1. The zero-order valence-electron chi connectivity index (χ0n) is 16.8. The van der Waals surface area contributed by atoms with Crippen LogP contribution < -0.4 is 14.2 Å². The summed E-state index contributed by atoms with van der Waals surface area (Å²) >= 11 is 0. The van der Waals surface area contributed by atoms with Gasteiger partial charge in [0.2, 0.25) is 11.5 Å². The Morgan fingerprint density at radius 3 is 2.50 bits per heavy atom. The Bertz CT molecular complexity index is 895. The summed E-state index contributed by atoms with van der Waals surface area (Å²) in [5, 5.41) is 0. The highest BCUT2D eigenvalue weighted by molar-refractivity contribution is 6.00. The first-order valence-electron chi connectivity index (χ1n) is 9.19. The van der Waals surface area contributed by atoms with Crippen LogP contribution in [0.5, 0.6) is 17.2 Å². The van der Waals surface area contributed by atoms with Crippen molar-refractivity contribution in [1.82, 2.24) is 4.57 Å². The Morgan fingerprint density at radius 2 is 1.86 bits per heavy atom. The molecular weight excluding hydrogens is 362 g/mol. The molecule has 0 spiro atoms. The van der Waals surface area contributed by atoms with Gasteiger partial charge in [0.1, 0.15) is 13.2 Å². The van der Waals surface area contributed by atoms with Crippen molar-refractivity contribution < 1.29 is 28.5 Å². The average Bonchev–Trinajstić information content (AvgIpc) is 2.99. The highest BCUT2D eigenvalue weighted by Crippen LogP contribution is 2.40. The van der Waals surface area contributed by atoms with Crippen LogP contribution in [0.25, 0.3) is 0 Å². The van der Waals surface area contributed by atoms with E-state index in [0.29, 0.717) is 36.0 Å². The second-order valence-electron chi connectivity index (χ2n) is 6.95. The Balaban J connectivity index is 1.74. The van der Waals surface area contributed by atoms with E-state index in [-0.39, 0.29) is 24.0 Å². The van der Waals surface area contributed by atoms with Crippen LogP contribution in [-0.4, -0.2) is 43.3 Å². The summed E-state index contributed by atoms with van der Waals surface area (Å²) in [7, 11) is 1.48. The summed E-state index contributed by atoms with van der Waals surface area (Å²) in [5.41, 5.74) is 2.67. The largest absolute Gasteiger partial charge is 0.493 e. The van der Waals surface area contributed by atoms with Gasteiger partial charge in [-0.15, -0.1) is 0 Å². The van der Waals surface area contributed by atoms with Crippen LogP contribution in [0.15, 0.2) is 18.2 Å². The molecule has 0 bridgehead atoms. The minimum Gasteiger partial charge on any atom is -0.493 e. The van der Waals surface area contributed by atoms with Crippen molar-refractivity contribution in [3.8, 4) is 17.2 Å². The van der Waals surface area contributed by atoms with Crippen LogP contribution >= 0.6 is 0 Å². The van der Waals surface area contributed by atoms with Crippen molar-refractivity contribution in [2.75, 3.05) is 26.9 Å². The summed E-state index contributed by atoms with van der Waals surface area (Å²) in [5.74, 6) is 0.405. The molecule has 0 amide bonds. The Kier molecular flexibility index (Phi) is 5.63. The number of fused-ring (bicyclic) bond motifs is 1. The molecule has 1 aromatic carbocycles. The number of nitrogens with zero attached hydrogens (tertiary/aromatic N) is 1. The Labute approximate surface area is 164 Å². The summed E-state index contributed by atoms with van der Waals surface area (Å²) in [6.07, 6.45) is 0. The lowest BCUT2D eigenvalue weighted by Gasteiger charge is -2.21. The standard InChI is InChI=1S/C21H25NO6/c1-12(2)22-13(3)8-16(14(22)4)17(23)11-28-21(24)15-9-18(25-5)20-19(10-15)26-6-7-27-20/h8-10,12H,6-7,11H2,1-5H3. The fourth-order valence-corrected chi connectivity index (χ4v) is 3.54. The summed E-state index contributed by atoms with van der Waals surface area (Å²) in [6.45, 7) is 8.44. The van der Waals surface area contributed by atoms with Crippen LogP contribution in [0, 0.1) is 13.8 Å². The molecule has 0 fully saturated rings. The Morgan fingerprint density at radius 1 is 1.14 bits per heavy atom. The van der Waals surface area contributed by atoms with Gasteiger partial charge >= 0.3 is 5.97 Å². The van der Waals surface area contributed by atoms with Crippen LogP contribution in [0.1, 0.15) is 52.0 Å². The zero-order chi connectivity index (χ0) is 20.4. The molecule has 0 saturated carbocycles. The van der Waals surface area contributed by atoms with E-state index < -0.39 is 5.97 Å². The van der Waals surface area contributed by atoms with Gasteiger partial charge in [0.05, 0.1) is 12.7 Å². The lowest BCUT2D eigenvalue weighted by Crippen LogP contribution is -2.18. The van der Waals surface area contributed by atoms with E-state index in [2.05, 4.69) is 18.4 Å². The predicted octanol–water partition coefficient (Wildman–Crippen LogP) is 3.51. The normalized spacial score (nSPS) is 12.8. The van der Waals surface area contributed by atoms with Crippen LogP contribution in [0.4, 0.5) is 0 Å². The van der Waals surface area contributed by atoms with Gasteiger partial charge in [0.15, 0.2) is 18.1 Å². The molecule has 2 heterocycles. The van der Waals surface area contributed by atoms with Gasteiger partial charge in [-0.25, -0.2) is 4.79 Å². The molecule has 1 aliphatic heterocycles. The Hall–Kier alpha value is -2.96. The predicted molar refractivity (Wildman–Crippen MR) is 103 cm³/mol. The third-order valence-corrected chi connectivity index (χ3v) is 4.70. The summed E-state index contributed by atoms with van der Waals surface area (Å²) in [4.78, 5) is 25.1. The minimum atomic E-state index is -0.624. The number of hydrogen-bond donors (Lipinski definition) is 0. The highest BCUT2D eigenvalue weighted by atomic mass is 16.6. The quantitative estimate of drug-likeness (QED) is 0.558. The van der Waals surface area contributed by atoms with Crippen molar-refractivity contribution >= 4 is 11.8 Å².